The maximum atomic E-state index is 10.2. The lowest BCUT2D eigenvalue weighted by molar-refractivity contribution is -0.132. The number of hydrogen-bond donors (Lipinski definition) is 2. The fraction of sp³-hybridized carbons (Fsp3) is 0.400. The lowest BCUT2D eigenvalue weighted by Gasteiger charge is -2.08. The van der Waals surface area contributed by atoms with Gasteiger partial charge in [-0.3, -0.25) is 0 Å². The smallest absolute Gasteiger partial charge is 0.333 e. The largest absolute Gasteiger partial charge is 0.478 e. The van der Waals surface area contributed by atoms with Crippen LogP contribution in [-0.4, -0.2) is 16.8 Å². The molecule has 2 N–H and O–H groups in total. The lowest BCUT2D eigenvalue weighted by atomic mass is 10.2. The Morgan fingerprint density at radius 3 is 3.00 bits per heavy atom. The fourth-order valence-electron chi connectivity index (χ4n) is 0.574. The molecule has 1 rings (SSSR count). The Labute approximate surface area is 57.3 Å². The van der Waals surface area contributed by atoms with Crippen LogP contribution >= 0.6 is 11.9 Å². The molecule has 0 atom stereocenters. The molecule has 4 heteroatoms. The van der Waals surface area contributed by atoms with E-state index < -0.39 is 5.97 Å². The van der Waals surface area contributed by atoms with Gasteiger partial charge in [-0.2, -0.15) is 0 Å². The van der Waals surface area contributed by atoms with Crippen LogP contribution in [-0.2, 0) is 4.79 Å². The predicted molar refractivity (Wildman–Crippen MR) is 35.9 cm³/mol. The average Bonchev–Trinajstić information content (AvgIpc) is 1.90. The second-order valence-electron chi connectivity index (χ2n) is 1.69. The van der Waals surface area contributed by atoms with E-state index >= 15 is 0 Å². The molecule has 0 radical (unpaired) electrons. The minimum absolute atomic E-state index is 0.466. The second kappa shape index (κ2) is 2.77. The zero-order valence-electron chi connectivity index (χ0n) is 4.76. The van der Waals surface area contributed by atoms with E-state index in [-0.39, 0.29) is 0 Å². The van der Waals surface area contributed by atoms with Gasteiger partial charge in [-0.05, 0) is 6.42 Å². The monoisotopic (exact) mass is 145 g/mol. The van der Waals surface area contributed by atoms with E-state index in [1.54, 1.807) is 0 Å². The SMILES string of the molecule is O=C(O)C1=CNSCC1. The van der Waals surface area contributed by atoms with Gasteiger partial charge >= 0.3 is 5.97 Å². The van der Waals surface area contributed by atoms with Gasteiger partial charge in [0, 0.05) is 12.0 Å². The van der Waals surface area contributed by atoms with Crippen LogP contribution in [0.25, 0.3) is 0 Å². The molecular formula is C5H7NO2S. The zero-order chi connectivity index (χ0) is 6.69. The van der Waals surface area contributed by atoms with Crippen molar-refractivity contribution in [3.05, 3.63) is 11.8 Å². The van der Waals surface area contributed by atoms with Crippen LogP contribution in [0.5, 0.6) is 0 Å². The van der Waals surface area contributed by atoms with Gasteiger partial charge in [0.25, 0.3) is 0 Å². The number of carboxylic acid groups (broad SMARTS) is 1. The number of rotatable bonds is 1. The summed E-state index contributed by atoms with van der Waals surface area (Å²) in [5.41, 5.74) is 0.466. The van der Waals surface area contributed by atoms with E-state index in [2.05, 4.69) is 4.72 Å². The lowest BCUT2D eigenvalue weighted by Crippen LogP contribution is -2.11. The van der Waals surface area contributed by atoms with Crippen LogP contribution < -0.4 is 4.72 Å². The van der Waals surface area contributed by atoms with Crippen LogP contribution in [0.1, 0.15) is 6.42 Å². The summed E-state index contributed by atoms with van der Waals surface area (Å²) in [6.07, 6.45) is 2.20. The van der Waals surface area contributed by atoms with Gasteiger partial charge in [0.05, 0.1) is 5.57 Å². The summed E-state index contributed by atoms with van der Waals surface area (Å²) in [5.74, 6) is 0.0285. The third kappa shape index (κ3) is 1.64. The summed E-state index contributed by atoms with van der Waals surface area (Å²) < 4.78 is 2.79. The molecule has 0 unspecified atom stereocenters. The highest BCUT2D eigenvalue weighted by molar-refractivity contribution is 7.97. The van der Waals surface area contributed by atoms with Gasteiger partial charge in [-0.1, -0.05) is 11.9 Å². The van der Waals surface area contributed by atoms with Crippen LogP contribution in [0.2, 0.25) is 0 Å². The Balaban J connectivity index is 2.57. The van der Waals surface area contributed by atoms with E-state index in [9.17, 15) is 4.79 Å². The van der Waals surface area contributed by atoms with Crippen molar-refractivity contribution in [3.63, 3.8) is 0 Å². The molecule has 0 saturated carbocycles. The molecule has 0 amide bonds. The molecule has 0 spiro atoms. The molecule has 0 fully saturated rings. The third-order valence-electron chi connectivity index (χ3n) is 1.06. The van der Waals surface area contributed by atoms with Crippen molar-refractivity contribution in [2.45, 2.75) is 6.42 Å². The maximum absolute atomic E-state index is 10.2. The highest BCUT2D eigenvalue weighted by Gasteiger charge is 2.09. The third-order valence-corrected chi connectivity index (χ3v) is 1.76. The second-order valence-corrected chi connectivity index (χ2v) is 2.62. The van der Waals surface area contributed by atoms with Crippen molar-refractivity contribution >= 4 is 17.9 Å². The van der Waals surface area contributed by atoms with E-state index in [4.69, 9.17) is 5.11 Å². The standard InChI is InChI=1S/C5H7NO2S/c7-5(8)4-1-2-9-6-3-4/h3,6H,1-2H2,(H,7,8). The van der Waals surface area contributed by atoms with Crippen LogP contribution in [0, 0.1) is 0 Å². The fourth-order valence-corrected chi connectivity index (χ4v) is 1.24. The van der Waals surface area contributed by atoms with Crippen molar-refractivity contribution in [1.82, 2.24) is 4.72 Å². The molecule has 50 valence electrons. The summed E-state index contributed by atoms with van der Waals surface area (Å²) in [4.78, 5) is 10.2. The zero-order valence-corrected chi connectivity index (χ0v) is 5.57. The average molecular weight is 145 g/mol. The molecule has 0 aromatic heterocycles. The first-order valence-corrected chi connectivity index (χ1v) is 3.59. The molecule has 1 aliphatic heterocycles. The molecule has 0 bridgehead atoms. The normalized spacial score (nSPS) is 18.0. The van der Waals surface area contributed by atoms with Crippen molar-refractivity contribution in [2.75, 3.05) is 5.75 Å². The molecule has 0 saturated heterocycles. The summed E-state index contributed by atoms with van der Waals surface area (Å²) in [6, 6.07) is 0. The molecule has 9 heavy (non-hydrogen) atoms. The predicted octanol–water partition coefficient (Wildman–Crippen LogP) is 0.596. The number of aliphatic carboxylic acids is 1. The molecule has 0 aromatic rings. The van der Waals surface area contributed by atoms with Gasteiger partial charge in [0.15, 0.2) is 0 Å². The minimum atomic E-state index is -0.817. The highest BCUT2D eigenvalue weighted by Crippen LogP contribution is 2.11. The molecule has 1 aliphatic rings. The molecule has 3 nitrogen and oxygen atoms in total. The minimum Gasteiger partial charge on any atom is -0.478 e. The van der Waals surface area contributed by atoms with Crippen LogP contribution in [0.3, 0.4) is 0 Å². The van der Waals surface area contributed by atoms with Gasteiger partial charge in [-0.15, -0.1) is 0 Å². The summed E-state index contributed by atoms with van der Waals surface area (Å²) >= 11 is 1.53. The number of nitrogens with one attached hydrogen (secondary N) is 1. The summed E-state index contributed by atoms with van der Waals surface area (Å²) in [7, 11) is 0. The Hall–Kier alpha value is -0.640. The highest BCUT2D eigenvalue weighted by atomic mass is 32.2. The van der Waals surface area contributed by atoms with Crippen molar-refractivity contribution < 1.29 is 9.90 Å². The van der Waals surface area contributed by atoms with Gasteiger partial charge in [0.2, 0.25) is 0 Å². The topological polar surface area (TPSA) is 49.3 Å². The number of hydrogen-bond acceptors (Lipinski definition) is 3. The van der Waals surface area contributed by atoms with E-state index in [1.165, 1.54) is 18.1 Å². The summed E-state index contributed by atoms with van der Waals surface area (Å²) in [6.45, 7) is 0. The number of carbonyl (C=O) groups is 1. The Morgan fingerprint density at radius 1 is 1.89 bits per heavy atom. The van der Waals surface area contributed by atoms with E-state index in [1.807, 2.05) is 0 Å². The molecular weight excluding hydrogens is 138 g/mol. The van der Waals surface area contributed by atoms with Gasteiger partial charge in [-0.25, -0.2) is 4.79 Å². The van der Waals surface area contributed by atoms with Crippen LogP contribution in [0.15, 0.2) is 11.8 Å². The quantitative estimate of drug-likeness (QED) is 0.530. The van der Waals surface area contributed by atoms with Gasteiger partial charge in [0.1, 0.15) is 0 Å². The maximum Gasteiger partial charge on any atom is 0.333 e. The molecule has 1 heterocycles. The Kier molecular flexibility index (Phi) is 2.00. The first kappa shape index (κ1) is 6.48. The number of carboxylic acids is 1. The van der Waals surface area contributed by atoms with Gasteiger partial charge < -0.3 is 9.83 Å². The van der Waals surface area contributed by atoms with E-state index in [0.29, 0.717) is 12.0 Å². The van der Waals surface area contributed by atoms with Crippen LogP contribution in [0.4, 0.5) is 0 Å². The summed E-state index contributed by atoms with van der Waals surface area (Å²) in [5, 5.41) is 8.42. The Bertz CT molecular complexity index is 155. The first-order valence-electron chi connectivity index (χ1n) is 2.60. The van der Waals surface area contributed by atoms with Crippen molar-refractivity contribution in [3.8, 4) is 0 Å². The van der Waals surface area contributed by atoms with Crippen molar-refractivity contribution in [2.24, 2.45) is 0 Å². The Morgan fingerprint density at radius 2 is 2.67 bits per heavy atom. The molecule has 0 aliphatic carbocycles. The van der Waals surface area contributed by atoms with Crippen molar-refractivity contribution in [1.29, 1.82) is 0 Å². The first-order chi connectivity index (χ1) is 4.30. The van der Waals surface area contributed by atoms with E-state index in [0.717, 1.165) is 5.75 Å². The molecule has 0 aromatic carbocycles.